The van der Waals surface area contributed by atoms with Crippen molar-refractivity contribution in [2.45, 2.75) is 18.8 Å². The van der Waals surface area contributed by atoms with Gasteiger partial charge in [0.25, 0.3) is 0 Å². The van der Waals surface area contributed by atoms with Crippen LogP contribution in [0.2, 0.25) is 0 Å². The van der Waals surface area contributed by atoms with Gasteiger partial charge in [-0.05, 0) is 13.0 Å². The minimum absolute atomic E-state index is 0.121. The highest BCUT2D eigenvalue weighted by molar-refractivity contribution is 5.22. The first-order valence-corrected chi connectivity index (χ1v) is 4.83. The Morgan fingerprint density at radius 2 is 2.27 bits per heavy atom. The zero-order valence-electron chi connectivity index (χ0n) is 8.44. The third-order valence-electron chi connectivity index (χ3n) is 2.50. The van der Waals surface area contributed by atoms with Gasteiger partial charge in [0.05, 0.1) is 13.2 Å². The molecule has 1 aromatic rings. The first-order chi connectivity index (χ1) is 7.15. The molecule has 1 aliphatic heterocycles. The van der Waals surface area contributed by atoms with E-state index < -0.39 is 5.79 Å². The zero-order valence-corrected chi connectivity index (χ0v) is 8.44. The van der Waals surface area contributed by atoms with Crippen LogP contribution < -0.4 is 0 Å². The van der Waals surface area contributed by atoms with Crippen molar-refractivity contribution in [1.29, 1.82) is 0 Å². The normalized spacial score (nSPS) is 30.7. The number of aliphatic hydroxyl groups excluding tert-OH is 1. The van der Waals surface area contributed by atoms with Crippen molar-refractivity contribution in [1.82, 2.24) is 0 Å². The van der Waals surface area contributed by atoms with Gasteiger partial charge in [-0.25, -0.2) is 4.39 Å². The van der Waals surface area contributed by atoms with Gasteiger partial charge in [0, 0.05) is 5.56 Å². The van der Waals surface area contributed by atoms with E-state index >= 15 is 0 Å². The van der Waals surface area contributed by atoms with Crippen molar-refractivity contribution in [3.63, 3.8) is 0 Å². The Balaban J connectivity index is 2.27. The van der Waals surface area contributed by atoms with E-state index in [1.165, 1.54) is 6.07 Å². The summed E-state index contributed by atoms with van der Waals surface area (Å²) < 4.78 is 24.3. The highest BCUT2D eigenvalue weighted by atomic mass is 19.1. The molecular formula is C11H13FO3. The average Bonchev–Trinajstić information content (AvgIpc) is 2.62. The fourth-order valence-corrected chi connectivity index (χ4v) is 1.70. The Bertz CT molecular complexity index is 355. The van der Waals surface area contributed by atoms with Crippen LogP contribution in [0.3, 0.4) is 0 Å². The predicted molar refractivity (Wildman–Crippen MR) is 51.7 cm³/mol. The molecular weight excluding hydrogens is 199 g/mol. The Labute approximate surface area is 87.4 Å². The number of rotatable bonds is 2. The molecule has 1 aromatic carbocycles. The third-order valence-corrected chi connectivity index (χ3v) is 2.50. The number of hydrogen-bond donors (Lipinski definition) is 1. The summed E-state index contributed by atoms with van der Waals surface area (Å²) in [6, 6.07) is 6.32. The molecule has 1 fully saturated rings. The Kier molecular flexibility index (Phi) is 2.73. The van der Waals surface area contributed by atoms with Gasteiger partial charge < -0.3 is 14.6 Å². The van der Waals surface area contributed by atoms with E-state index in [0.717, 1.165) is 0 Å². The van der Waals surface area contributed by atoms with Crippen LogP contribution in [-0.4, -0.2) is 24.4 Å². The molecule has 82 valence electrons. The summed E-state index contributed by atoms with van der Waals surface area (Å²) in [6.45, 7) is 1.81. The topological polar surface area (TPSA) is 38.7 Å². The minimum atomic E-state index is -1.08. The molecule has 0 amide bonds. The second kappa shape index (κ2) is 3.89. The monoisotopic (exact) mass is 212 g/mol. The maximum Gasteiger partial charge on any atom is 0.195 e. The molecule has 0 spiro atoms. The summed E-state index contributed by atoms with van der Waals surface area (Å²) >= 11 is 0. The lowest BCUT2D eigenvalue weighted by Gasteiger charge is -2.23. The molecule has 1 N–H and O–H groups in total. The molecule has 1 aliphatic rings. The maximum atomic E-state index is 13.5. The molecule has 0 aliphatic carbocycles. The van der Waals surface area contributed by atoms with Crippen molar-refractivity contribution in [2.24, 2.45) is 0 Å². The smallest absolute Gasteiger partial charge is 0.195 e. The minimum Gasteiger partial charge on any atom is -0.394 e. The molecule has 0 aromatic heterocycles. The second-order valence-electron chi connectivity index (χ2n) is 3.66. The van der Waals surface area contributed by atoms with Gasteiger partial charge in [-0.15, -0.1) is 0 Å². The van der Waals surface area contributed by atoms with Crippen LogP contribution in [0.5, 0.6) is 0 Å². The van der Waals surface area contributed by atoms with Crippen LogP contribution in [0.25, 0.3) is 0 Å². The average molecular weight is 212 g/mol. The van der Waals surface area contributed by atoms with Gasteiger partial charge in [0.15, 0.2) is 5.79 Å². The van der Waals surface area contributed by atoms with Gasteiger partial charge in [-0.2, -0.15) is 0 Å². The van der Waals surface area contributed by atoms with E-state index in [-0.39, 0.29) is 25.1 Å². The number of halogens is 1. The molecule has 2 rings (SSSR count). The summed E-state index contributed by atoms with van der Waals surface area (Å²) in [5, 5.41) is 8.92. The molecule has 0 saturated carbocycles. The molecule has 3 nitrogen and oxygen atoms in total. The SMILES string of the molecule is CC1(c2ccccc2F)OCC(CO)O1. The van der Waals surface area contributed by atoms with E-state index in [1.807, 2.05) is 0 Å². The number of aliphatic hydroxyl groups is 1. The lowest BCUT2D eigenvalue weighted by Crippen LogP contribution is -2.26. The quantitative estimate of drug-likeness (QED) is 0.805. The van der Waals surface area contributed by atoms with Crippen molar-refractivity contribution in [3.8, 4) is 0 Å². The van der Waals surface area contributed by atoms with Crippen molar-refractivity contribution in [3.05, 3.63) is 35.6 Å². The fraction of sp³-hybridized carbons (Fsp3) is 0.455. The van der Waals surface area contributed by atoms with Gasteiger partial charge in [0.2, 0.25) is 0 Å². The lowest BCUT2D eigenvalue weighted by molar-refractivity contribution is -0.167. The van der Waals surface area contributed by atoms with Crippen molar-refractivity contribution in [2.75, 3.05) is 13.2 Å². The molecule has 0 radical (unpaired) electrons. The Morgan fingerprint density at radius 3 is 2.87 bits per heavy atom. The van der Waals surface area contributed by atoms with Crippen LogP contribution in [0.1, 0.15) is 12.5 Å². The van der Waals surface area contributed by atoms with Gasteiger partial charge in [0.1, 0.15) is 11.9 Å². The first-order valence-electron chi connectivity index (χ1n) is 4.83. The van der Waals surface area contributed by atoms with Crippen LogP contribution in [0.4, 0.5) is 4.39 Å². The zero-order chi connectivity index (χ0) is 10.9. The van der Waals surface area contributed by atoms with Crippen molar-refractivity contribution < 1.29 is 19.0 Å². The lowest BCUT2D eigenvalue weighted by atomic mass is 10.1. The molecule has 15 heavy (non-hydrogen) atoms. The second-order valence-corrected chi connectivity index (χ2v) is 3.66. The van der Waals surface area contributed by atoms with Crippen molar-refractivity contribution >= 4 is 0 Å². The summed E-state index contributed by atoms with van der Waals surface area (Å²) in [5.41, 5.74) is 0.362. The molecule has 1 saturated heterocycles. The Hall–Kier alpha value is -0.970. The van der Waals surface area contributed by atoms with Crippen LogP contribution in [0.15, 0.2) is 24.3 Å². The summed E-state index contributed by atoms with van der Waals surface area (Å²) in [4.78, 5) is 0. The fourth-order valence-electron chi connectivity index (χ4n) is 1.70. The van der Waals surface area contributed by atoms with Crippen LogP contribution >= 0.6 is 0 Å². The highest BCUT2D eigenvalue weighted by Crippen LogP contribution is 2.34. The van der Waals surface area contributed by atoms with Gasteiger partial charge in [-0.1, -0.05) is 18.2 Å². The van der Waals surface area contributed by atoms with E-state index in [1.54, 1.807) is 25.1 Å². The van der Waals surface area contributed by atoms with E-state index in [9.17, 15) is 4.39 Å². The largest absolute Gasteiger partial charge is 0.394 e. The summed E-state index contributed by atoms with van der Waals surface area (Å²) in [7, 11) is 0. The Morgan fingerprint density at radius 1 is 1.53 bits per heavy atom. The van der Waals surface area contributed by atoms with Gasteiger partial charge in [-0.3, -0.25) is 0 Å². The van der Waals surface area contributed by atoms with E-state index in [0.29, 0.717) is 5.56 Å². The first kappa shape index (κ1) is 10.5. The molecule has 0 bridgehead atoms. The maximum absolute atomic E-state index is 13.5. The number of benzene rings is 1. The third kappa shape index (κ3) is 1.88. The van der Waals surface area contributed by atoms with Crippen LogP contribution in [-0.2, 0) is 15.3 Å². The standard InChI is InChI=1S/C11H13FO3/c1-11(14-7-8(6-13)15-11)9-4-2-3-5-10(9)12/h2-5,8,13H,6-7H2,1H3. The molecule has 4 heteroatoms. The van der Waals surface area contributed by atoms with E-state index in [2.05, 4.69) is 0 Å². The summed E-state index contributed by atoms with van der Waals surface area (Å²) in [5.74, 6) is -1.45. The predicted octanol–water partition coefficient (Wildman–Crippen LogP) is 1.41. The number of ether oxygens (including phenoxy) is 2. The van der Waals surface area contributed by atoms with E-state index in [4.69, 9.17) is 14.6 Å². The summed E-state index contributed by atoms with van der Waals surface area (Å²) in [6.07, 6.45) is -0.380. The van der Waals surface area contributed by atoms with Gasteiger partial charge >= 0.3 is 0 Å². The number of hydrogen-bond acceptors (Lipinski definition) is 3. The molecule has 2 atom stereocenters. The molecule has 2 unspecified atom stereocenters. The molecule has 1 heterocycles. The van der Waals surface area contributed by atoms with Crippen LogP contribution in [0, 0.1) is 5.82 Å². The highest BCUT2D eigenvalue weighted by Gasteiger charge is 2.40.